The average molecular weight is 510 g/mol. The third kappa shape index (κ3) is 7.08. The number of carbonyl (C=O) groups excluding carboxylic acids is 1. The molecule has 0 unspecified atom stereocenters. The lowest BCUT2D eigenvalue weighted by Gasteiger charge is -2.23. The van der Waals surface area contributed by atoms with E-state index in [0.29, 0.717) is 37.1 Å². The molecule has 0 aromatic heterocycles. The van der Waals surface area contributed by atoms with Crippen LogP contribution in [0.3, 0.4) is 0 Å². The van der Waals surface area contributed by atoms with Crippen LogP contribution in [0.15, 0.2) is 54.1 Å². The number of para-hydroxylation sites is 1. The van der Waals surface area contributed by atoms with Crippen LogP contribution in [-0.4, -0.2) is 57.3 Å². The number of benzene rings is 2. The van der Waals surface area contributed by atoms with E-state index in [1.165, 1.54) is 6.07 Å². The molecule has 0 atom stereocenters. The highest BCUT2D eigenvalue weighted by Gasteiger charge is 2.35. The van der Waals surface area contributed by atoms with E-state index in [1.54, 1.807) is 35.2 Å². The number of carbonyl (C=O) groups is 1. The van der Waals surface area contributed by atoms with Crippen molar-refractivity contribution in [3.63, 3.8) is 0 Å². The van der Waals surface area contributed by atoms with Crippen LogP contribution in [0.2, 0.25) is 0 Å². The third-order valence-corrected chi connectivity index (χ3v) is 7.09. The molecule has 6 nitrogen and oxygen atoms in total. The molecule has 1 amide bonds. The molecule has 2 N–H and O–H groups in total. The summed E-state index contributed by atoms with van der Waals surface area (Å²) in [5, 5.41) is 3.28. The van der Waals surface area contributed by atoms with Crippen LogP contribution in [-0.2, 0) is 10.0 Å². The van der Waals surface area contributed by atoms with Crippen molar-refractivity contribution in [2.24, 2.45) is 0 Å². The largest absolute Gasteiger partial charge is 0.404 e. The summed E-state index contributed by atoms with van der Waals surface area (Å²) >= 11 is 0. The molecule has 0 aliphatic carbocycles. The van der Waals surface area contributed by atoms with Gasteiger partial charge in [-0.2, -0.15) is 13.2 Å². The lowest BCUT2D eigenvalue weighted by molar-refractivity contribution is -0.106. The average Bonchev–Trinajstić information content (AvgIpc) is 2.80. The topological polar surface area (TPSA) is 78.5 Å². The zero-order chi connectivity index (χ0) is 25.6. The Kier molecular flexibility index (Phi) is 8.60. The van der Waals surface area contributed by atoms with E-state index in [4.69, 9.17) is 0 Å². The number of sulfonamides is 1. The second kappa shape index (κ2) is 11.3. The monoisotopic (exact) mass is 509 g/mol. The molecule has 0 saturated carbocycles. The Morgan fingerprint density at radius 1 is 0.971 bits per heavy atom. The minimum Gasteiger partial charge on any atom is -0.339 e. The molecule has 1 heterocycles. The van der Waals surface area contributed by atoms with E-state index >= 15 is 0 Å². The number of hydrogen-bond donors (Lipinski definition) is 2. The lowest BCUT2D eigenvalue weighted by Crippen LogP contribution is -2.30. The summed E-state index contributed by atoms with van der Waals surface area (Å²) in [5.74, 6) is -2.05. The number of alkyl halides is 3. The van der Waals surface area contributed by atoms with Gasteiger partial charge in [0.25, 0.3) is 5.91 Å². The molecule has 0 radical (unpaired) electrons. The molecule has 1 fully saturated rings. The van der Waals surface area contributed by atoms with E-state index in [1.807, 2.05) is 26.0 Å². The van der Waals surface area contributed by atoms with Gasteiger partial charge < -0.3 is 10.2 Å². The fourth-order valence-corrected chi connectivity index (χ4v) is 5.23. The Balaban J connectivity index is 2.06. The summed E-state index contributed by atoms with van der Waals surface area (Å²) in [6, 6.07) is 13.5. The Morgan fingerprint density at radius 2 is 1.54 bits per heavy atom. The number of anilines is 1. The molecule has 0 bridgehead atoms. The first-order valence-electron chi connectivity index (χ1n) is 11.5. The van der Waals surface area contributed by atoms with Crippen molar-refractivity contribution in [3.05, 3.63) is 70.8 Å². The van der Waals surface area contributed by atoms with E-state index in [0.717, 1.165) is 29.8 Å². The predicted molar refractivity (Wildman–Crippen MR) is 132 cm³/mol. The van der Waals surface area contributed by atoms with Crippen LogP contribution >= 0.6 is 0 Å². The predicted octanol–water partition coefficient (Wildman–Crippen LogP) is 4.66. The number of halogens is 3. The molecule has 0 spiro atoms. The number of amides is 1. The maximum Gasteiger partial charge on any atom is 0.404 e. The second-order valence-electron chi connectivity index (χ2n) is 8.31. The summed E-state index contributed by atoms with van der Waals surface area (Å²) in [6.07, 6.45) is -3.44. The zero-order valence-electron chi connectivity index (χ0n) is 19.8. The Hall–Kier alpha value is -2.85. The van der Waals surface area contributed by atoms with E-state index in [-0.39, 0.29) is 11.6 Å². The van der Waals surface area contributed by atoms with Gasteiger partial charge in [-0.25, -0.2) is 8.42 Å². The maximum atomic E-state index is 12.8. The van der Waals surface area contributed by atoms with Gasteiger partial charge in [0.05, 0.1) is 5.69 Å². The standard InChI is InChI=1S/C25H30F3N3O3S/c1-3-31(4-2)24(32)20-11-9-18(10-12-20)23(19-13-15-29-16-14-19)21-7-5-6-8-22(21)30-35(33,34)17-25(26,27)28/h5-12,29-30H,3-4,13-17H2,1-2H3. The summed E-state index contributed by atoms with van der Waals surface area (Å²) in [4.78, 5) is 14.4. The van der Waals surface area contributed by atoms with E-state index in [2.05, 4.69) is 10.0 Å². The fourth-order valence-electron chi connectivity index (χ4n) is 4.21. The van der Waals surface area contributed by atoms with Crippen molar-refractivity contribution in [2.75, 3.05) is 36.7 Å². The summed E-state index contributed by atoms with van der Waals surface area (Å²) in [5.41, 5.74) is 3.71. The fraction of sp³-hybridized carbons (Fsp3) is 0.400. The van der Waals surface area contributed by atoms with Crippen molar-refractivity contribution in [2.45, 2.75) is 32.9 Å². The Bertz CT molecular complexity index is 1160. The Morgan fingerprint density at radius 3 is 2.11 bits per heavy atom. The number of rotatable bonds is 8. The summed E-state index contributed by atoms with van der Waals surface area (Å²) in [7, 11) is -4.65. The molecule has 2 aromatic carbocycles. The van der Waals surface area contributed by atoms with Gasteiger partial charge in [-0.3, -0.25) is 9.52 Å². The molecule has 190 valence electrons. The van der Waals surface area contributed by atoms with Crippen molar-refractivity contribution < 1.29 is 26.4 Å². The number of hydrogen-bond acceptors (Lipinski definition) is 4. The van der Waals surface area contributed by atoms with Crippen LogP contribution in [0.5, 0.6) is 0 Å². The molecule has 1 aliphatic rings. The van der Waals surface area contributed by atoms with Crippen molar-refractivity contribution >= 4 is 27.2 Å². The van der Waals surface area contributed by atoms with E-state index < -0.39 is 22.0 Å². The molecular formula is C25H30F3N3O3S. The highest BCUT2D eigenvalue weighted by atomic mass is 32.2. The van der Waals surface area contributed by atoms with E-state index in [9.17, 15) is 26.4 Å². The summed E-state index contributed by atoms with van der Waals surface area (Å²) in [6.45, 7) is 6.46. The van der Waals surface area contributed by atoms with Crippen molar-refractivity contribution in [1.82, 2.24) is 10.2 Å². The van der Waals surface area contributed by atoms with Gasteiger partial charge in [-0.05, 0) is 69.1 Å². The minimum absolute atomic E-state index is 0.0843. The molecule has 1 aliphatic heterocycles. The van der Waals surface area contributed by atoms with Crippen molar-refractivity contribution in [3.8, 4) is 0 Å². The molecule has 10 heteroatoms. The van der Waals surface area contributed by atoms with Crippen LogP contribution in [0, 0.1) is 0 Å². The lowest BCUT2D eigenvalue weighted by atomic mass is 9.87. The first-order valence-corrected chi connectivity index (χ1v) is 13.2. The smallest absolute Gasteiger partial charge is 0.339 e. The first-order chi connectivity index (χ1) is 16.5. The molecule has 2 aromatic rings. The van der Waals surface area contributed by atoms with Crippen LogP contribution in [0.1, 0.15) is 48.2 Å². The van der Waals surface area contributed by atoms with Gasteiger partial charge in [0.1, 0.15) is 0 Å². The van der Waals surface area contributed by atoms with Gasteiger partial charge in [-0.1, -0.05) is 35.9 Å². The SMILES string of the molecule is CCN(CC)C(=O)c1ccc(C(=C2CCNCC2)c2ccccc2NS(=O)(=O)CC(F)(F)F)cc1. The second-order valence-corrected chi connectivity index (χ2v) is 10.0. The molecule has 35 heavy (non-hydrogen) atoms. The molecule has 1 saturated heterocycles. The quantitative estimate of drug-likeness (QED) is 0.543. The van der Waals surface area contributed by atoms with Crippen LogP contribution < -0.4 is 10.0 Å². The first kappa shape index (κ1) is 26.7. The molecule has 3 rings (SSSR count). The van der Waals surface area contributed by atoms with Crippen LogP contribution in [0.25, 0.3) is 5.57 Å². The third-order valence-electron chi connectivity index (χ3n) is 5.85. The maximum absolute atomic E-state index is 12.8. The van der Waals surface area contributed by atoms with Gasteiger partial charge in [0, 0.05) is 24.2 Å². The van der Waals surface area contributed by atoms with Crippen LogP contribution in [0.4, 0.5) is 18.9 Å². The van der Waals surface area contributed by atoms with Gasteiger partial charge in [-0.15, -0.1) is 0 Å². The normalized spacial score (nSPS) is 14.5. The van der Waals surface area contributed by atoms with Gasteiger partial charge >= 0.3 is 6.18 Å². The minimum atomic E-state index is -4.86. The summed E-state index contributed by atoms with van der Waals surface area (Å²) < 4.78 is 65.1. The molecular weight excluding hydrogens is 479 g/mol. The van der Waals surface area contributed by atoms with Gasteiger partial charge in [0.2, 0.25) is 10.0 Å². The van der Waals surface area contributed by atoms with Gasteiger partial charge in [0.15, 0.2) is 5.75 Å². The zero-order valence-corrected chi connectivity index (χ0v) is 20.6. The number of nitrogens with one attached hydrogen (secondary N) is 2. The highest BCUT2D eigenvalue weighted by Crippen LogP contribution is 2.36. The Labute approximate surface area is 204 Å². The number of piperidine rings is 1. The number of nitrogens with zero attached hydrogens (tertiary/aromatic N) is 1. The highest BCUT2D eigenvalue weighted by molar-refractivity contribution is 7.92. The van der Waals surface area contributed by atoms with Crippen molar-refractivity contribution in [1.29, 1.82) is 0 Å².